The third kappa shape index (κ3) is 8.08. The zero-order valence-electron chi connectivity index (χ0n) is 20.5. The lowest BCUT2D eigenvalue weighted by Crippen LogP contribution is -2.66. The lowest BCUT2D eigenvalue weighted by Gasteiger charge is -2.51. The highest BCUT2D eigenvalue weighted by molar-refractivity contribution is 5.82. The summed E-state index contributed by atoms with van der Waals surface area (Å²) in [4.78, 5) is 35.5. The normalized spacial score (nSPS) is 30.4. The molecule has 0 aliphatic carbocycles. The Bertz CT molecular complexity index is 691. The van der Waals surface area contributed by atoms with Gasteiger partial charge in [-0.3, -0.25) is 9.59 Å². The SMILES string of the molecule is CCCCCCC(O)C=CC(=O)OC1C(C)OC(C)(C(OC(C)=O)C(C)C(=O)O)C(O)C1C. The highest BCUT2D eigenvalue weighted by Crippen LogP contribution is 2.40. The minimum atomic E-state index is -1.53. The number of aliphatic hydroxyl groups excluding tert-OH is 2. The maximum absolute atomic E-state index is 12.3. The van der Waals surface area contributed by atoms with Crippen LogP contribution in [0.4, 0.5) is 0 Å². The highest BCUT2D eigenvalue weighted by atomic mass is 16.6. The Kier molecular flexibility index (Phi) is 11.5. The van der Waals surface area contributed by atoms with Crippen molar-refractivity contribution in [3.8, 4) is 0 Å². The van der Waals surface area contributed by atoms with E-state index in [1.807, 2.05) is 0 Å². The summed E-state index contributed by atoms with van der Waals surface area (Å²) in [6.07, 6.45) is 2.35. The molecule has 9 heteroatoms. The van der Waals surface area contributed by atoms with Crippen molar-refractivity contribution in [2.24, 2.45) is 11.8 Å². The first-order valence-electron chi connectivity index (χ1n) is 11.7. The van der Waals surface area contributed by atoms with Gasteiger partial charge in [0.15, 0.2) is 0 Å². The fourth-order valence-electron chi connectivity index (χ4n) is 4.37. The molecule has 0 bridgehead atoms. The molecular weight excluding hydrogens is 432 g/mol. The van der Waals surface area contributed by atoms with E-state index in [0.29, 0.717) is 6.42 Å². The predicted octanol–water partition coefficient (Wildman–Crippen LogP) is 2.61. The lowest BCUT2D eigenvalue weighted by molar-refractivity contribution is -0.279. The van der Waals surface area contributed by atoms with Crippen molar-refractivity contribution >= 4 is 17.9 Å². The number of hydrogen-bond acceptors (Lipinski definition) is 8. The first-order valence-corrected chi connectivity index (χ1v) is 11.7. The molecule has 0 aromatic carbocycles. The van der Waals surface area contributed by atoms with Crippen molar-refractivity contribution in [3.63, 3.8) is 0 Å². The Hall–Kier alpha value is -1.97. The van der Waals surface area contributed by atoms with E-state index in [0.717, 1.165) is 38.7 Å². The van der Waals surface area contributed by atoms with Gasteiger partial charge in [-0.25, -0.2) is 4.79 Å². The van der Waals surface area contributed by atoms with Gasteiger partial charge in [-0.2, -0.15) is 0 Å². The molecule has 8 unspecified atom stereocenters. The quantitative estimate of drug-likeness (QED) is 0.222. The number of ether oxygens (including phenoxy) is 3. The molecule has 1 aliphatic heterocycles. The number of aliphatic hydroxyl groups is 2. The van der Waals surface area contributed by atoms with Gasteiger partial charge < -0.3 is 29.5 Å². The summed E-state index contributed by atoms with van der Waals surface area (Å²) in [6.45, 7) is 9.42. The molecule has 0 radical (unpaired) electrons. The van der Waals surface area contributed by atoms with Crippen molar-refractivity contribution in [2.75, 3.05) is 0 Å². The molecule has 3 N–H and O–H groups in total. The van der Waals surface area contributed by atoms with Gasteiger partial charge in [0.25, 0.3) is 0 Å². The average Bonchev–Trinajstić information content (AvgIpc) is 2.74. The Labute approximate surface area is 196 Å². The molecule has 1 fully saturated rings. The molecule has 1 aliphatic rings. The van der Waals surface area contributed by atoms with Gasteiger partial charge in [0, 0.05) is 18.9 Å². The number of carbonyl (C=O) groups excluding carboxylic acids is 2. The second kappa shape index (κ2) is 13.1. The van der Waals surface area contributed by atoms with Gasteiger partial charge in [0.2, 0.25) is 0 Å². The molecule has 8 atom stereocenters. The minimum Gasteiger partial charge on any atom is -0.481 e. The van der Waals surface area contributed by atoms with Crippen LogP contribution >= 0.6 is 0 Å². The van der Waals surface area contributed by atoms with E-state index < -0.39 is 65.9 Å². The molecule has 1 heterocycles. The smallest absolute Gasteiger partial charge is 0.330 e. The second-order valence-corrected chi connectivity index (χ2v) is 9.15. The molecule has 190 valence electrons. The van der Waals surface area contributed by atoms with Gasteiger partial charge in [-0.1, -0.05) is 39.5 Å². The van der Waals surface area contributed by atoms with Gasteiger partial charge in [-0.05, 0) is 33.3 Å². The fourth-order valence-corrected chi connectivity index (χ4v) is 4.37. The molecule has 0 aromatic heterocycles. The number of carbonyl (C=O) groups is 3. The fraction of sp³-hybridized carbons (Fsp3) is 0.792. The number of aliphatic carboxylic acids is 1. The molecule has 0 spiro atoms. The van der Waals surface area contributed by atoms with E-state index in [2.05, 4.69) is 6.92 Å². The van der Waals surface area contributed by atoms with Crippen LogP contribution in [-0.2, 0) is 28.6 Å². The van der Waals surface area contributed by atoms with E-state index in [9.17, 15) is 29.7 Å². The Morgan fingerprint density at radius 1 is 1.18 bits per heavy atom. The predicted molar refractivity (Wildman–Crippen MR) is 120 cm³/mol. The molecular formula is C24H40O9. The Morgan fingerprint density at radius 2 is 1.82 bits per heavy atom. The molecule has 33 heavy (non-hydrogen) atoms. The van der Waals surface area contributed by atoms with Crippen LogP contribution < -0.4 is 0 Å². The zero-order chi connectivity index (χ0) is 25.3. The van der Waals surface area contributed by atoms with Crippen molar-refractivity contribution in [3.05, 3.63) is 12.2 Å². The van der Waals surface area contributed by atoms with E-state index in [-0.39, 0.29) is 0 Å². The lowest BCUT2D eigenvalue weighted by atomic mass is 9.74. The maximum atomic E-state index is 12.3. The third-order valence-corrected chi connectivity index (χ3v) is 6.27. The minimum absolute atomic E-state index is 0.555. The summed E-state index contributed by atoms with van der Waals surface area (Å²) in [5.41, 5.74) is -1.53. The van der Waals surface area contributed by atoms with Crippen LogP contribution in [0.1, 0.15) is 73.6 Å². The molecule has 1 rings (SSSR count). The van der Waals surface area contributed by atoms with Gasteiger partial charge in [0.1, 0.15) is 17.8 Å². The first kappa shape index (κ1) is 29.1. The summed E-state index contributed by atoms with van der Waals surface area (Å²) in [7, 11) is 0. The number of esters is 2. The van der Waals surface area contributed by atoms with E-state index in [1.54, 1.807) is 13.8 Å². The molecule has 0 saturated carbocycles. The van der Waals surface area contributed by atoms with Crippen molar-refractivity contribution in [1.82, 2.24) is 0 Å². The summed E-state index contributed by atoms with van der Waals surface area (Å²) in [6, 6.07) is 0. The van der Waals surface area contributed by atoms with Crippen LogP contribution in [0.15, 0.2) is 12.2 Å². The number of unbranched alkanes of at least 4 members (excludes halogenated alkanes) is 3. The van der Waals surface area contributed by atoms with E-state index in [1.165, 1.54) is 19.9 Å². The van der Waals surface area contributed by atoms with Gasteiger partial charge >= 0.3 is 17.9 Å². The molecule has 0 aromatic rings. The number of hydrogen-bond donors (Lipinski definition) is 3. The molecule has 0 amide bonds. The van der Waals surface area contributed by atoms with Crippen LogP contribution in [0.5, 0.6) is 0 Å². The second-order valence-electron chi connectivity index (χ2n) is 9.15. The van der Waals surface area contributed by atoms with E-state index in [4.69, 9.17) is 14.2 Å². The van der Waals surface area contributed by atoms with E-state index >= 15 is 0 Å². The molecule has 1 saturated heterocycles. The van der Waals surface area contributed by atoms with Crippen molar-refractivity contribution in [1.29, 1.82) is 0 Å². The number of carboxylic acids is 1. The summed E-state index contributed by atoms with van der Waals surface area (Å²) in [5.74, 6) is -4.37. The first-order chi connectivity index (χ1) is 15.3. The van der Waals surface area contributed by atoms with Crippen LogP contribution in [-0.4, -0.2) is 69.3 Å². The summed E-state index contributed by atoms with van der Waals surface area (Å²) >= 11 is 0. The van der Waals surface area contributed by atoms with Crippen LogP contribution in [0.25, 0.3) is 0 Å². The topological polar surface area (TPSA) is 140 Å². The zero-order valence-corrected chi connectivity index (χ0v) is 20.5. The van der Waals surface area contributed by atoms with Crippen molar-refractivity contribution in [2.45, 2.75) is 110 Å². The van der Waals surface area contributed by atoms with Crippen LogP contribution in [0, 0.1) is 11.8 Å². The van der Waals surface area contributed by atoms with Crippen LogP contribution in [0.2, 0.25) is 0 Å². The largest absolute Gasteiger partial charge is 0.481 e. The van der Waals surface area contributed by atoms with Crippen molar-refractivity contribution < 1.29 is 43.9 Å². The van der Waals surface area contributed by atoms with Gasteiger partial charge in [0.05, 0.1) is 24.2 Å². The number of carboxylic acid groups (broad SMARTS) is 1. The maximum Gasteiger partial charge on any atom is 0.330 e. The number of rotatable bonds is 12. The summed E-state index contributed by atoms with van der Waals surface area (Å²) in [5, 5.41) is 30.5. The highest BCUT2D eigenvalue weighted by Gasteiger charge is 2.57. The molecule has 9 nitrogen and oxygen atoms in total. The Balaban J connectivity index is 2.88. The van der Waals surface area contributed by atoms with Gasteiger partial charge in [-0.15, -0.1) is 0 Å². The third-order valence-electron chi connectivity index (χ3n) is 6.27. The standard InChI is InChI=1S/C24H40O9/c1-7-8-9-10-11-18(26)12-13-19(27)32-20-14(2)21(28)24(6,33-16(20)4)22(31-17(5)25)15(3)23(29)30/h12-16,18,20-22,26,28H,7-11H2,1-6H3,(H,29,30). The van der Waals surface area contributed by atoms with Crippen LogP contribution in [0.3, 0.4) is 0 Å². The Morgan fingerprint density at radius 3 is 2.36 bits per heavy atom. The average molecular weight is 473 g/mol. The monoisotopic (exact) mass is 472 g/mol. The summed E-state index contributed by atoms with van der Waals surface area (Å²) < 4.78 is 16.7.